The highest BCUT2D eigenvalue weighted by atomic mass is 35.5. The molecule has 1 rings (SSSR count). The van der Waals surface area contributed by atoms with Crippen molar-refractivity contribution in [2.45, 2.75) is 26.3 Å². The fraction of sp³-hybridized carbons (Fsp3) is 0.455. The van der Waals surface area contributed by atoms with Gasteiger partial charge in [-0.1, -0.05) is 31.9 Å². The summed E-state index contributed by atoms with van der Waals surface area (Å²) in [7, 11) is 0. The van der Waals surface area contributed by atoms with Gasteiger partial charge in [-0.2, -0.15) is 0 Å². The van der Waals surface area contributed by atoms with E-state index in [0.717, 1.165) is 6.42 Å². The first-order valence-corrected chi connectivity index (χ1v) is 5.14. The molecule has 1 unspecified atom stereocenters. The molecule has 1 aromatic carbocycles. The van der Waals surface area contributed by atoms with E-state index in [4.69, 9.17) is 17.3 Å². The molecule has 14 heavy (non-hydrogen) atoms. The van der Waals surface area contributed by atoms with Crippen molar-refractivity contribution >= 4 is 11.6 Å². The van der Waals surface area contributed by atoms with Gasteiger partial charge in [-0.3, -0.25) is 0 Å². The summed E-state index contributed by atoms with van der Waals surface area (Å²) in [6, 6.07) is 4.22. The summed E-state index contributed by atoms with van der Waals surface area (Å²) in [4.78, 5) is 0. The smallest absolute Gasteiger partial charge is 0.128 e. The SMILES string of the molecule is CCC(C)[C@@H](N)c1cc(Cl)ccc1F. The molecule has 1 aromatic rings. The number of benzene rings is 1. The van der Waals surface area contributed by atoms with Gasteiger partial charge in [0.1, 0.15) is 5.82 Å². The second kappa shape index (κ2) is 4.76. The largest absolute Gasteiger partial charge is 0.324 e. The van der Waals surface area contributed by atoms with E-state index >= 15 is 0 Å². The minimum absolute atomic E-state index is 0.253. The summed E-state index contributed by atoms with van der Waals surface area (Å²) in [5.74, 6) is -0.0230. The lowest BCUT2D eigenvalue weighted by Gasteiger charge is -2.19. The fourth-order valence-electron chi connectivity index (χ4n) is 1.33. The summed E-state index contributed by atoms with van der Waals surface area (Å²) in [5.41, 5.74) is 6.43. The van der Waals surface area contributed by atoms with Gasteiger partial charge < -0.3 is 5.73 Å². The van der Waals surface area contributed by atoms with E-state index < -0.39 is 0 Å². The Kier molecular flexibility index (Phi) is 3.90. The number of nitrogens with two attached hydrogens (primary N) is 1. The van der Waals surface area contributed by atoms with Gasteiger partial charge in [0.05, 0.1) is 0 Å². The number of rotatable bonds is 3. The molecule has 2 atom stereocenters. The molecule has 0 saturated heterocycles. The van der Waals surface area contributed by atoms with Crippen LogP contribution in [0.1, 0.15) is 31.9 Å². The monoisotopic (exact) mass is 215 g/mol. The van der Waals surface area contributed by atoms with Crippen molar-refractivity contribution in [1.29, 1.82) is 0 Å². The molecule has 0 aliphatic rings. The van der Waals surface area contributed by atoms with Crippen molar-refractivity contribution in [3.8, 4) is 0 Å². The summed E-state index contributed by atoms with van der Waals surface area (Å²) in [6.07, 6.45) is 0.924. The first-order chi connectivity index (χ1) is 6.56. The third-order valence-corrected chi connectivity index (χ3v) is 2.81. The van der Waals surface area contributed by atoms with Gasteiger partial charge in [-0.15, -0.1) is 0 Å². The Labute approximate surface area is 89.1 Å². The molecule has 78 valence electrons. The zero-order valence-corrected chi connectivity index (χ0v) is 9.18. The highest BCUT2D eigenvalue weighted by Gasteiger charge is 2.17. The zero-order valence-electron chi connectivity index (χ0n) is 8.43. The van der Waals surface area contributed by atoms with Crippen molar-refractivity contribution < 1.29 is 4.39 Å². The molecular weight excluding hydrogens is 201 g/mol. The molecule has 0 spiro atoms. The van der Waals surface area contributed by atoms with E-state index in [1.807, 2.05) is 13.8 Å². The highest BCUT2D eigenvalue weighted by Crippen LogP contribution is 2.26. The Hall–Kier alpha value is -0.600. The first-order valence-electron chi connectivity index (χ1n) is 4.76. The summed E-state index contributed by atoms with van der Waals surface area (Å²) < 4.78 is 13.4. The van der Waals surface area contributed by atoms with Crippen molar-refractivity contribution in [2.24, 2.45) is 11.7 Å². The normalized spacial score (nSPS) is 15.2. The van der Waals surface area contributed by atoms with Gasteiger partial charge in [-0.25, -0.2) is 4.39 Å². The van der Waals surface area contributed by atoms with E-state index in [2.05, 4.69) is 0 Å². The van der Waals surface area contributed by atoms with Crippen molar-refractivity contribution in [3.63, 3.8) is 0 Å². The molecule has 3 heteroatoms. The molecule has 0 radical (unpaired) electrons. The van der Waals surface area contributed by atoms with E-state index in [0.29, 0.717) is 10.6 Å². The lowest BCUT2D eigenvalue weighted by atomic mass is 9.93. The quantitative estimate of drug-likeness (QED) is 0.820. The molecule has 0 aliphatic carbocycles. The van der Waals surface area contributed by atoms with Crippen LogP contribution in [-0.2, 0) is 0 Å². The number of hydrogen-bond donors (Lipinski definition) is 1. The first kappa shape index (κ1) is 11.5. The van der Waals surface area contributed by atoms with Gasteiger partial charge in [0.2, 0.25) is 0 Å². The fourth-order valence-corrected chi connectivity index (χ4v) is 1.51. The van der Waals surface area contributed by atoms with Gasteiger partial charge >= 0.3 is 0 Å². The van der Waals surface area contributed by atoms with Crippen LogP contribution >= 0.6 is 11.6 Å². The highest BCUT2D eigenvalue weighted by molar-refractivity contribution is 6.30. The Morgan fingerprint density at radius 3 is 2.71 bits per heavy atom. The number of halogens is 2. The zero-order chi connectivity index (χ0) is 10.7. The minimum atomic E-state index is -0.279. The Bertz CT molecular complexity index is 314. The predicted octanol–water partition coefficient (Wildman–Crippen LogP) is 3.53. The average molecular weight is 216 g/mol. The van der Waals surface area contributed by atoms with Crippen molar-refractivity contribution in [1.82, 2.24) is 0 Å². The lowest BCUT2D eigenvalue weighted by Crippen LogP contribution is -2.19. The Balaban J connectivity index is 2.99. The maximum absolute atomic E-state index is 13.4. The van der Waals surface area contributed by atoms with Crippen LogP contribution in [0.5, 0.6) is 0 Å². The van der Waals surface area contributed by atoms with Crippen LogP contribution in [0.3, 0.4) is 0 Å². The maximum Gasteiger partial charge on any atom is 0.128 e. The van der Waals surface area contributed by atoms with Crippen LogP contribution in [0, 0.1) is 11.7 Å². The molecule has 1 nitrogen and oxygen atoms in total. The molecular formula is C11H15ClFN. The summed E-state index contributed by atoms with van der Waals surface area (Å²) in [5, 5.41) is 0.528. The van der Waals surface area contributed by atoms with E-state index in [9.17, 15) is 4.39 Å². The maximum atomic E-state index is 13.4. The van der Waals surface area contributed by atoms with Gasteiger partial charge in [0.25, 0.3) is 0 Å². The molecule has 0 aromatic heterocycles. The third kappa shape index (κ3) is 2.46. The van der Waals surface area contributed by atoms with Crippen LogP contribution in [0.2, 0.25) is 5.02 Å². The standard InChI is InChI=1S/C11H15ClFN/c1-3-7(2)11(14)9-6-8(12)4-5-10(9)13/h4-7,11H,3,14H2,1-2H3/t7?,11-/m1/s1. The second-order valence-corrected chi connectivity index (χ2v) is 4.01. The van der Waals surface area contributed by atoms with Gasteiger partial charge in [0, 0.05) is 16.6 Å². The lowest BCUT2D eigenvalue weighted by molar-refractivity contribution is 0.439. The van der Waals surface area contributed by atoms with Crippen LogP contribution in [0.25, 0.3) is 0 Å². The van der Waals surface area contributed by atoms with Crippen molar-refractivity contribution in [2.75, 3.05) is 0 Å². The van der Waals surface area contributed by atoms with Crippen LogP contribution in [-0.4, -0.2) is 0 Å². The van der Waals surface area contributed by atoms with E-state index in [-0.39, 0.29) is 17.8 Å². The third-order valence-electron chi connectivity index (χ3n) is 2.57. The topological polar surface area (TPSA) is 26.0 Å². The molecule has 0 aliphatic heterocycles. The Morgan fingerprint density at radius 1 is 1.50 bits per heavy atom. The van der Waals surface area contributed by atoms with Gasteiger partial charge in [0.15, 0.2) is 0 Å². The van der Waals surface area contributed by atoms with E-state index in [1.165, 1.54) is 12.1 Å². The van der Waals surface area contributed by atoms with Crippen LogP contribution in [0.4, 0.5) is 4.39 Å². The molecule has 0 fully saturated rings. The average Bonchev–Trinajstić information content (AvgIpc) is 2.19. The Morgan fingerprint density at radius 2 is 2.14 bits per heavy atom. The second-order valence-electron chi connectivity index (χ2n) is 3.58. The molecule has 0 amide bonds. The van der Waals surface area contributed by atoms with Gasteiger partial charge in [-0.05, 0) is 24.1 Å². The number of hydrogen-bond acceptors (Lipinski definition) is 1. The minimum Gasteiger partial charge on any atom is -0.324 e. The van der Waals surface area contributed by atoms with Crippen LogP contribution < -0.4 is 5.73 Å². The van der Waals surface area contributed by atoms with Crippen LogP contribution in [0.15, 0.2) is 18.2 Å². The molecule has 0 saturated carbocycles. The molecule has 0 bridgehead atoms. The van der Waals surface area contributed by atoms with Crippen molar-refractivity contribution in [3.05, 3.63) is 34.6 Å². The van der Waals surface area contributed by atoms with E-state index in [1.54, 1.807) is 6.07 Å². The molecule has 2 N–H and O–H groups in total. The summed E-state index contributed by atoms with van der Waals surface area (Å²) in [6.45, 7) is 4.04. The summed E-state index contributed by atoms with van der Waals surface area (Å²) >= 11 is 5.79. The predicted molar refractivity (Wildman–Crippen MR) is 57.8 cm³/mol. The molecule has 0 heterocycles.